The summed E-state index contributed by atoms with van der Waals surface area (Å²) in [6.45, 7) is 1.56. The Morgan fingerprint density at radius 1 is 1.23 bits per heavy atom. The molecule has 0 amide bonds. The number of fused-ring (bicyclic) bond motifs is 1. The van der Waals surface area contributed by atoms with Gasteiger partial charge >= 0.3 is 0 Å². The minimum atomic E-state index is 0.0527. The maximum Gasteiger partial charge on any atom is 0.179 e. The number of ether oxygens (including phenoxy) is 1. The van der Waals surface area contributed by atoms with Crippen LogP contribution in [0.1, 0.15) is 22.6 Å². The van der Waals surface area contributed by atoms with Gasteiger partial charge in [0.15, 0.2) is 11.5 Å². The third kappa shape index (κ3) is 2.60. The van der Waals surface area contributed by atoms with Gasteiger partial charge in [0.05, 0.1) is 12.1 Å². The number of aromatic hydroxyl groups is 2. The fraction of sp³-hybridized carbons (Fsp3) is 0.294. The molecule has 1 aliphatic rings. The van der Waals surface area contributed by atoms with Crippen LogP contribution in [-0.4, -0.2) is 30.4 Å². The second-order valence-corrected chi connectivity index (χ2v) is 5.79. The summed E-state index contributed by atoms with van der Waals surface area (Å²) in [6, 6.07) is 8.87. The third-order valence-corrected chi connectivity index (χ3v) is 4.51. The molecule has 0 aromatic heterocycles. The molecule has 5 heteroatoms. The maximum atomic E-state index is 10.2. The Bertz CT molecular complexity index is 685. The average Bonchev–Trinajstić information content (AvgIpc) is 2.71. The van der Waals surface area contributed by atoms with Crippen molar-refractivity contribution in [3.05, 3.63) is 52.0 Å². The molecule has 0 radical (unpaired) electrons. The van der Waals surface area contributed by atoms with E-state index in [9.17, 15) is 10.2 Å². The van der Waals surface area contributed by atoms with Gasteiger partial charge in [-0.2, -0.15) is 0 Å². The van der Waals surface area contributed by atoms with E-state index in [1.807, 2.05) is 12.1 Å². The Hall–Kier alpha value is -1.91. The van der Waals surface area contributed by atoms with Crippen molar-refractivity contribution in [2.24, 2.45) is 0 Å². The molecule has 0 fully saturated rings. The van der Waals surface area contributed by atoms with E-state index < -0.39 is 0 Å². The molecule has 2 aromatic rings. The summed E-state index contributed by atoms with van der Waals surface area (Å²) >= 11 is 6.43. The lowest BCUT2D eigenvalue weighted by Gasteiger charge is -2.20. The van der Waals surface area contributed by atoms with Crippen LogP contribution in [0.25, 0.3) is 0 Å². The zero-order valence-corrected chi connectivity index (χ0v) is 13.0. The van der Waals surface area contributed by atoms with E-state index >= 15 is 0 Å². The molecular formula is C17H18ClNO3. The first-order valence-corrected chi connectivity index (χ1v) is 7.57. The molecule has 1 atom stereocenters. The van der Waals surface area contributed by atoms with Crippen LogP contribution in [0, 0.1) is 0 Å². The maximum absolute atomic E-state index is 10.2. The summed E-state index contributed by atoms with van der Waals surface area (Å²) < 4.78 is 5.20. The smallest absolute Gasteiger partial charge is 0.179 e. The predicted octanol–water partition coefficient (Wildman–Crippen LogP) is 3.04. The lowest BCUT2D eigenvalue weighted by Crippen LogP contribution is -2.20. The molecule has 116 valence electrons. The van der Waals surface area contributed by atoms with Crippen LogP contribution in [0.15, 0.2) is 30.3 Å². The van der Waals surface area contributed by atoms with Gasteiger partial charge in [-0.1, -0.05) is 23.7 Å². The first kappa shape index (κ1) is 15.0. The van der Waals surface area contributed by atoms with E-state index in [0.29, 0.717) is 10.8 Å². The molecule has 1 aliphatic heterocycles. The largest absolute Gasteiger partial charge is 0.508 e. The summed E-state index contributed by atoms with van der Waals surface area (Å²) in [5.74, 6) is 0.678. The normalized spacial score (nSPS) is 17.6. The number of phenolic OH excluding ortho intramolecular Hbond substituents is 2. The quantitative estimate of drug-likeness (QED) is 0.796. The average molecular weight is 320 g/mol. The van der Waals surface area contributed by atoms with Gasteiger partial charge < -0.3 is 20.3 Å². The topological polar surface area (TPSA) is 61.7 Å². The minimum Gasteiger partial charge on any atom is -0.508 e. The highest BCUT2D eigenvalue weighted by Gasteiger charge is 2.25. The predicted molar refractivity (Wildman–Crippen MR) is 86.2 cm³/mol. The fourth-order valence-electron chi connectivity index (χ4n) is 3.01. The first-order valence-electron chi connectivity index (χ1n) is 7.19. The van der Waals surface area contributed by atoms with E-state index in [0.717, 1.165) is 36.2 Å². The molecule has 0 saturated heterocycles. The molecule has 0 saturated carbocycles. The molecule has 1 heterocycles. The number of nitrogens with one attached hydrogen (secondary N) is 1. The van der Waals surface area contributed by atoms with E-state index in [1.165, 1.54) is 7.11 Å². The molecular weight excluding hydrogens is 302 g/mol. The number of hydrogen-bond donors (Lipinski definition) is 3. The van der Waals surface area contributed by atoms with E-state index in [4.69, 9.17) is 16.3 Å². The second-order valence-electron chi connectivity index (χ2n) is 5.41. The van der Waals surface area contributed by atoms with Crippen LogP contribution >= 0.6 is 11.6 Å². The molecule has 0 aliphatic carbocycles. The summed E-state index contributed by atoms with van der Waals surface area (Å²) in [7, 11) is 1.50. The van der Waals surface area contributed by atoms with Gasteiger partial charge in [0.25, 0.3) is 0 Å². The minimum absolute atomic E-state index is 0.0527. The summed E-state index contributed by atoms with van der Waals surface area (Å²) in [4.78, 5) is 0. The van der Waals surface area contributed by atoms with Crippen molar-refractivity contribution in [2.75, 3.05) is 20.2 Å². The van der Waals surface area contributed by atoms with Gasteiger partial charge in [0, 0.05) is 12.5 Å². The van der Waals surface area contributed by atoms with Crippen LogP contribution in [-0.2, 0) is 6.42 Å². The van der Waals surface area contributed by atoms with Gasteiger partial charge in [-0.05, 0) is 47.9 Å². The Kier molecular flexibility index (Phi) is 4.14. The fourth-order valence-corrected chi connectivity index (χ4v) is 3.39. The zero-order valence-electron chi connectivity index (χ0n) is 12.3. The molecule has 1 unspecified atom stereocenters. The van der Waals surface area contributed by atoms with Crippen molar-refractivity contribution < 1.29 is 14.9 Å². The lowest BCUT2D eigenvalue weighted by atomic mass is 9.87. The standard InChI is InChI=1S/C17H18ClNO3/c1-22-17-15(21)8-13-12(16(17)18)6-7-19-9-14(13)10-2-4-11(20)5-3-10/h2-5,8,14,19-21H,6-7,9H2,1H3. The Morgan fingerprint density at radius 2 is 1.95 bits per heavy atom. The van der Waals surface area contributed by atoms with Crippen molar-refractivity contribution in [3.8, 4) is 17.2 Å². The van der Waals surface area contributed by atoms with Crippen LogP contribution < -0.4 is 10.1 Å². The molecule has 22 heavy (non-hydrogen) atoms. The van der Waals surface area contributed by atoms with Crippen LogP contribution in [0.4, 0.5) is 0 Å². The molecule has 3 N–H and O–H groups in total. The summed E-state index contributed by atoms with van der Waals surface area (Å²) in [6.07, 6.45) is 0.777. The first-order chi connectivity index (χ1) is 10.6. The molecule has 3 rings (SSSR count). The number of rotatable bonds is 2. The highest BCUT2D eigenvalue weighted by atomic mass is 35.5. The van der Waals surface area contributed by atoms with Gasteiger partial charge in [-0.3, -0.25) is 0 Å². The van der Waals surface area contributed by atoms with Crippen molar-refractivity contribution in [1.29, 1.82) is 0 Å². The Balaban J connectivity index is 2.14. The zero-order chi connectivity index (χ0) is 15.7. The second kappa shape index (κ2) is 6.07. The number of halogens is 1. The van der Waals surface area contributed by atoms with Gasteiger partial charge in [0.2, 0.25) is 0 Å². The van der Waals surface area contributed by atoms with Crippen LogP contribution in [0.5, 0.6) is 17.2 Å². The van der Waals surface area contributed by atoms with Gasteiger partial charge in [-0.15, -0.1) is 0 Å². The lowest BCUT2D eigenvalue weighted by molar-refractivity contribution is 0.372. The third-order valence-electron chi connectivity index (χ3n) is 4.11. The number of hydrogen-bond acceptors (Lipinski definition) is 4. The monoisotopic (exact) mass is 319 g/mol. The molecule has 4 nitrogen and oxygen atoms in total. The van der Waals surface area contributed by atoms with E-state index in [2.05, 4.69) is 5.32 Å². The highest BCUT2D eigenvalue weighted by Crippen LogP contribution is 2.43. The number of methoxy groups -OCH3 is 1. The van der Waals surface area contributed by atoms with Gasteiger partial charge in [-0.25, -0.2) is 0 Å². The van der Waals surface area contributed by atoms with Crippen molar-refractivity contribution in [2.45, 2.75) is 12.3 Å². The van der Waals surface area contributed by atoms with Crippen molar-refractivity contribution in [1.82, 2.24) is 5.32 Å². The van der Waals surface area contributed by atoms with Crippen molar-refractivity contribution in [3.63, 3.8) is 0 Å². The number of phenols is 2. The molecule has 0 spiro atoms. The Labute approximate surface area is 134 Å². The van der Waals surface area contributed by atoms with Crippen LogP contribution in [0.3, 0.4) is 0 Å². The number of benzene rings is 2. The summed E-state index contributed by atoms with van der Waals surface area (Å²) in [5.41, 5.74) is 3.06. The van der Waals surface area contributed by atoms with Crippen LogP contribution in [0.2, 0.25) is 5.02 Å². The SMILES string of the molecule is COc1c(O)cc2c(c1Cl)CCNCC2c1ccc(O)cc1. The van der Waals surface area contributed by atoms with E-state index in [-0.39, 0.29) is 17.4 Å². The van der Waals surface area contributed by atoms with Crippen molar-refractivity contribution >= 4 is 11.6 Å². The molecule has 0 bridgehead atoms. The van der Waals surface area contributed by atoms with Gasteiger partial charge in [0.1, 0.15) is 5.75 Å². The highest BCUT2D eigenvalue weighted by molar-refractivity contribution is 6.33. The summed E-state index contributed by atoms with van der Waals surface area (Å²) in [5, 5.41) is 23.5. The Morgan fingerprint density at radius 3 is 2.64 bits per heavy atom. The molecule has 2 aromatic carbocycles. The van der Waals surface area contributed by atoms with E-state index in [1.54, 1.807) is 18.2 Å².